The van der Waals surface area contributed by atoms with Crippen LogP contribution in [0.1, 0.15) is 11.1 Å². The largest absolute Gasteiger partial charge is 0.389 e. The number of halogens is 1. The Hall–Kier alpha value is -1.23. The molecule has 2 aromatic rings. The molecule has 0 saturated heterocycles. The number of hydrogen-bond acceptors (Lipinski definition) is 3. The van der Waals surface area contributed by atoms with Crippen molar-refractivity contribution in [3.05, 3.63) is 52.5 Å². The highest BCUT2D eigenvalue weighted by Crippen LogP contribution is 2.30. The first kappa shape index (κ1) is 15.2. The predicted octanol–water partition coefficient (Wildman–Crippen LogP) is 4.75. The minimum atomic E-state index is 0.393. The summed E-state index contributed by atoms with van der Waals surface area (Å²) in [4.78, 5) is 1.46. The monoisotopic (exact) mass is 322 g/mol. The number of nitrogens with one attached hydrogen (secondary N) is 1. The predicted molar refractivity (Wildman–Crippen MR) is 93.6 cm³/mol. The molecule has 0 aliphatic rings. The maximum atomic E-state index is 5.98. The second kappa shape index (κ2) is 6.48. The molecule has 5 heteroatoms. The lowest BCUT2D eigenvalue weighted by Crippen LogP contribution is -2.13. The van der Waals surface area contributed by atoms with Crippen molar-refractivity contribution < 1.29 is 0 Å². The fraction of sp³-hybridized carbons (Fsp3) is 0.133. The average molecular weight is 323 g/mol. The highest BCUT2D eigenvalue weighted by molar-refractivity contribution is 7.98. The third kappa shape index (κ3) is 3.26. The summed E-state index contributed by atoms with van der Waals surface area (Å²) in [6.45, 7) is 2.01. The number of anilines is 2. The van der Waals surface area contributed by atoms with E-state index >= 15 is 0 Å². The van der Waals surface area contributed by atoms with Gasteiger partial charge in [-0.25, -0.2) is 0 Å². The Morgan fingerprint density at radius 3 is 2.60 bits per heavy atom. The maximum absolute atomic E-state index is 5.98. The molecular weight excluding hydrogens is 308 g/mol. The summed E-state index contributed by atoms with van der Waals surface area (Å²) in [5, 5.41) is 4.11. The van der Waals surface area contributed by atoms with Crippen molar-refractivity contribution in [1.29, 1.82) is 0 Å². The smallest absolute Gasteiger partial charge is 0.107 e. The minimum Gasteiger partial charge on any atom is -0.389 e. The van der Waals surface area contributed by atoms with Gasteiger partial charge in [-0.1, -0.05) is 29.9 Å². The lowest BCUT2D eigenvalue weighted by atomic mass is 10.1. The van der Waals surface area contributed by atoms with Gasteiger partial charge in [0.15, 0.2) is 0 Å². The summed E-state index contributed by atoms with van der Waals surface area (Å²) in [5.41, 5.74) is 9.72. The minimum absolute atomic E-state index is 0.393. The molecule has 0 heterocycles. The van der Waals surface area contributed by atoms with Crippen molar-refractivity contribution in [2.75, 3.05) is 11.6 Å². The van der Waals surface area contributed by atoms with E-state index in [1.807, 2.05) is 49.6 Å². The Morgan fingerprint density at radius 1 is 1.25 bits per heavy atom. The fourth-order valence-corrected chi connectivity index (χ4v) is 3.12. The van der Waals surface area contributed by atoms with Gasteiger partial charge in [0.1, 0.15) is 4.99 Å². The number of thiocarbonyl (C=S) groups is 1. The van der Waals surface area contributed by atoms with Gasteiger partial charge in [-0.05, 0) is 49.1 Å². The average Bonchev–Trinajstić information content (AvgIpc) is 2.41. The maximum Gasteiger partial charge on any atom is 0.107 e. The molecule has 0 radical (unpaired) electrons. The zero-order valence-corrected chi connectivity index (χ0v) is 13.6. The number of hydrogen-bond donors (Lipinski definition) is 2. The van der Waals surface area contributed by atoms with Crippen LogP contribution in [0.3, 0.4) is 0 Å². The molecule has 2 nitrogen and oxygen atoms in total. The van der Waals surface area contributed by atoms with E-state index < -0.39 is 0 Å². The first-order valence-electron chi connectivity index (χ1n) is 6.03. The van der Waals surface area contributed by atoms with Gasteiger partial charge < -0.3 is 11.1 Å². The summed E-state index contributed by atoms with van der Waals surface area (Å²) in [5.74, 6) is 0. The van der Waals surface area contributed by atoms with Crippen molar-refractivity contribution >= 4 is 51.9 Å². The van der Waals surface area contributed by atoms with Crippen LogP contribution in [0.2, 0.25) is 5.02 Å². The third-order valence-electron chi connectivity index (χ3n) is 2.95. The normalized spacial score (nSPS) is 10.3. The van der Waals surface area contributed by atoms with E-state index in [0.717, 1.165) is 32.4 Å². The topological polar surface area (TPSA) is 38.0 Å². The first-order chi connectivity index (χ1) is 9.52. The Morgan fingerprint density at radius 2 is 2.00 bits per heavy atom. The van der Waals surface area contributed by atoms with Crippen LogP contribution < -0.4 is 11.1 Å². The Balaban J connectivity index is 2.45. The molecule has 0 spiro atoms. The van der Waals surface area contributed by atoms with Crippen LogP contribution in [-0.4, -0.2) is 11.2 Å². The number of aryl methyl sites for hydroxylation is 1. The van der Waals surface area contributed by atoms with E-state index in [1.54, 1.807) is 11.8 Å². The van der Waals surface area contributed by atoms with Crippen LogP contribution in [0.25, 0.3) is 0 Å². The van der Waals surface area contributed by atoms with Gasteiger partial charge in [0, 0.05) is 26.9 Å². The van der Waals surface area contributed by atoms with Gasteiger partial charge in [0.2, 0.25) is 0 Å². The van der Waals surface area contributed by atoms with E-state index in [4.69, 9.17) is 29.6 Å². The number of rotatable bonds is 4. The molecule has 3 N–H and O–H groups in total. The lowest BCUT2D eigenvalue weighted by molar-refractivity contribution is 1.37. The summed E-state index contributed by atoms with van der Waals surface area (Å²) < 4.78 is 0. The zero-order chi connectivity index (χ0) is 14.7. The molecule has 0 amide bonds. The molecule has 0 aromatic heterocycles. The highest BCUT2D eigenvalue weighted by atomic mass is 35.5. The van der Waals surface area contributed by atoms with Crippen molar-refractivity contribution in [2.24, 2.45) is 5.73 Å². The van der Waals surface area contributed by atoms with E-state index in [-0.39, 0.29) is 0 Å². The lowest BCUT2D eigenvalue weighted by Gasteiger charge is -2.15. The molecule has 0 aliphatic heterocycles. The van der Waals surface area contributed by atoms with Gasteiger partial charge in [-0.3, -0.25) is 0 Å². The van der Waals surface area contributed by atoms with Crippen molar-refractivity contribution in [2.45, 2.75) is 11.8 Å². The standard InChI is InChI=1S/C15H15ClN2S2/c1-9-8-10(16)6-7-11(9)18-12-4-3-5-13(20-2)14(12)15(17)19/h3-8,18H,1-2H3,(H2,17,19). The molecule has 0 unspecified atom stereocenters. The molecule has 0 bridgehead atoms. The van der Waals surface area contributed by atoms with Crippen LogP contribution in [0.15, 0.2) is 41.3 Å². The third-order valence-corrected chi connectivity index (χ3v) is 4.17. The van der Waals surface area contributed by atoms with Crippen LogP contribution >= 0.6 is 35.6 Å². The molecule has 0 aliphatic carbocycles. The van der Waals surface area contributed by atoms with Crippen molar-refractivity contribution in [1.82, 2.24) is 0 Å². The van der Waals surface area contributed by atoms with Gasteiger partial charge in [-0.15, -0.1) is 11.8 Å². The Labute approximate surface area is 133 Å². The number of benzene rings is 2. The Bertz CT molecular complexity index is 656. The van der Waals surface area contributed by atoms with E-state index in [2.05, 4.69) is 5.32 Å². The number of nitrogens with two attached hydrogens (primary N) is 1. The molecule has 104 valence electrons. The van der Waals surface area contributed by atoms with Crippen LogP contribution in [0.4, 0.5) is 11.4 Å². The van der Waals surface area contributed by atoms with E-state index in [9.17, 15) is 0 Å². The van der Waals surface area contributed by atoms with E-state index in [0.29, 0.717) is 4.99 Å². The summed E-state index contributed by atoms with van der Waals surface area (Å²) >= 11 is 12.8. The van der Waals surface area contributed by atoms with Crippen molar-refractivity contribution in [3.63, 3.8) is 0 Å². The SMILES string of the molecule is CSc1cccc(Nc2ccc(Cl)cc2C)c1C(N)=S. The molecule has 0 saturated carbocycles. The molecule has 0 atom stereocenters. The second-order valence-corrected chi connectivity index (χ2v) is 6.06. The first-order valence-corrected chi connectivity index (χ1v) is 8.04. The molecule has 2 aromatic carbocycles. The van der Waals surface area contributed by atoms with Gasteiger partial charge >= 0.3 is 0 Å². The van der Waals surface area contributed by atoms with Gasteiger partial charge in [0.25, 0.3) is 0 Å². The molecule has 2 rings (SSSR count). The van der Waals surface area contributed by atoms with Crippen molar-refractivity contribution in [3.8, 4) is 0 Å². The summed E-state index contributed by atoms with van der Waals surface area (Å²) in [6, 6.07) is 11.7. The molecular formula is C15H15ClN2S2. The van der Waals surface area contributed by atoms with Gasteiger partial charge in [0.05, 0.1) is 0 Å². The molecule has 20 heavy (non-hydrogen) atoms. The second-order valence-electron chi connectivity index (χ2n) is 4.33. The van der Waals surface area contributed by atoms with Crippen LogP contribution in [0, 0.1) is 6.92 Å². The molecule has 0 fully saturated rings. The highest BCUT2D eigenvalue weighted by Gasteiger charge is 2.11. The summed E-state index contributed by atoms with van der Waals surface area (Å²) in [7, 11) is 0. The quantitative estimate of drug-likeness (QED) is 0.629. The fourth-order valence-electron chi connectivity index (χ4n) is 1.97. The van der Waals surface area contributed by atoms with Crippen LogP contribution in [-0.2, 0) is 0 Å². The zero-order valence-electron chi connectivity index (χ0n) is 11.2. The summed E-state index contributed by atoms with van der Waals surface area (Å²) in [6.07, 6.45) is 2.01. The van der Waals surface area contributed by atoms with Crippen LogP contribution in [0.5, 0.6) is 0 Å². The Kier molecular flexibility index (Phi) is 4.91. The van der Waals surface area contributed by atoms with Gasteiger partial charge in [-0.2, -0.15) is 0 Å². The van der Waals surface area contributed by atoms with E-state index in [1.165, 1.54) is 0 Å². The number of thioether (sulfide) groups is 1.